The maximum Gasteiger partial charge on any atom is 0.310 e. The number of esters is 1. The Morgan fingerprint density at radius 2 is 1.48 bits per heavy atom. The summed E-state index contributed by atoms with van der Waals surface area (Å²) in [6, 6.07) is 6.55. The third-order valence-electron chi connectivity index (χ3n) is 4.96. The lowest BCUT2D eigenvalue weighted by atomic mass is 9.90. The molecule has 0 heterocycles. The standard InChI is InChI=1S/C26H30O7/c1-7-12-32-21-16-23(33-13-8-2)25(19(18(21)9-3)15-24(27)31-6)26(28)17-10-11-20(29-4)22(14-17)30-5/h7-8,10-11,14,16H,1-2,9,12-13,15H2,3-6H3. The number of methoxy groups -OCH3 is 3. The van der Waals surface area contributed by atoms with Crippen molar-refractivity contribution in [2.75, 3.05) is 34.5 Å². The van der Waals surface area contributed by atoms with E-state index >= 15 is 0 Å². The van der Waals surface area contributed by atoms with Gasteiger partial charge in [0.05, 0.1) is 33.3 Å². The minimum atomic E-state index is -0.485. The van der Waals surface area contributed by atoms with Gasteiger partial charge in [-0.05, 0) is 35.7 Å². The van der Waals surface area contributed by atoms with E-state index in [9.17, 15) is 9.59 Å². The molecule has 33 heavy (non-hydrogen) atoms. The van der Waals surface area contributed by atoms with Crippen LogP contribution in [0.4, 0.5) is 0 Å². The molecule has 0 amide bonds. The molecule has 7 nitrogen and oxygen atoms in total. The van der Waals surface area contributed by atoms with Gasteiger partial charge in [0, 0.05) is 11.6 Å². The van der Waals surface area contributed by atoms with Gasteiger partial charge in [0.1, 0.15) is 24.7 Å². The monoisotopic (exact) mass is 454 g/mol. The van der Waals surface area contributed by atoms with Gasteiger partial charge >= 0.3 is 5.97 Å². The number of ether oxygens (including phenoxy) is 5. The predicted octanol–water partition coefficient (Wildman–Crippen LogP) is 4.34. The Morgan fingerprint density at radius 3 is 2.03 bits per heavy atom. The second-order valence-corrected chi connectivity index (χ2v) is 6.91. The van der Waals surface area contributed by atoms with Gasteiger partial charge in [-0.25, -0.2) is 0 Å². The number of carbonyl (C=O) groups excluding carboxylic acids is 2. The molecule has 0 saturated heterocycles. The van der Waals surface area contributed by atoms with Crippen molar-refractivity contribution in [3.63, 3.8) is 0 Å². The highest BCUT2D eigenvalue weighted by molar-refractivity contribution is 6.13. The zero-order chi connectivity index (χ0) is 24.4. The molecule has 0 saturated carbocycles. The van der Waals surface area contributed by atoms with E-state index in [1.54, 1.807) is 36.4 Å². The number of rotatable bonds is 13. The van der Waals surface area contributed by atoms with E-state index in [2.05, 4.69) is 13.2 Å². The minimum absolute atomic E-state index is 0.121. The first-order valence-corrected chi connectivity index (χ1v) is 10.4. The SMILES string of the molecule is C=CCOc1cc(OCC=C)c(C(=O)c2ccc(OC)c(OC)c2)c(CC(=O)OC)c1CC. The molecule has 0 aliphatic heterocycles. The second kappa shape index (κ2) is 12.3. The molecule has 0 N–H and O–H groups in total. The Labute approximate surface area is 194 Å². The van der Waals surface area contributed by atoms with Crippen LogP contribution in [0, 0.1) is 0 Å². The van der Waals surface area contributed by atoms with E-state index < -0.39 is 5.97 Å². The van der Waals surface area contributed by atoms with Gasteiger partial charge in [-0.3, -0.25) is 9.59 Å². The Hall–Kier alpha value is -3.74. The smallest absolute Gasteiger partial charge is 0.310 e. The van der Waals surface area contributed by atoms with Crippen molar-refractivity contribution < 1.29 is 33.3 Å². The highest BCUT2D eigenvalue weighted by Crippen LogP contribution is 2.38. The summed E-state index contributed by atoms with van der Waals surface area (Å²) in [5, 5.41) is 0. The van der Waals surface area contributed by atoms with Crippen molar-refractivity contribution in [3.8, 4) is 23.0 Å². The average molecular weight is 455 g/mol. The Bertz CT molecular complexity index is 1020. The molecular weight excluding hydrogens is 424 g/mol. The quantitative estimate of drug-likeness (QED) is 0.253. The van der Waals surface area contributed by atoms with Gasteiger partial charge < -0.3 is 23.7 Å². The molecule has 0 unspecified atom stereocenters. The van der Waals surface area contributed by atoms with E-state index in [1.165, 1.54) is 21.3 Å². The summed E-state index contributed by atoms with van der Waals surface area (Å²) in [6.07, 6.45) is 3.59. The van der Waals surface area contributed by atoms with Gasteiger partial charge in [-0.15, -0.1) is 0 Å². The van der Waals surface area contributed by atoms with Gasteiger partial charge in [0.15, 0.2) is 17.3 Å². The molecule has 0 spiro atoms. The van der Waals surface area contributed by atoms with E-state index in [4.69, 9.17) is 23.7 Å². The molecular formula is C26H30O7. The average Bonchev–Trinajstić information content (AvgIpc) is 2.84. The molecule has 0 aliphatic carbocycles. The van der Waals surface area contributed by atoms with Crippen LogP contribution < -0.4 is 18.9 Å². The maximum absolute atomic E-state index is 13.8. The summed E-state index contributed by atoms with van der Waals surface area (Å²) >= 11 is 0. The van der Waals surface area contributed by atoms with Crippen LogP contribution in [0.3, 0.4) is 0 Å². The van der Waals surface area contributed by atoms with E-state index in [1.807, 2.05) is 6.92 Å². The number of benzene rings is 2. The first-order chi connectivity index (χ1) is 15.9. The van der Waals surface area contributed by atoms with Crippen molar-refractivity contribution in [3.05, 3.63) is 71.8 Å². The van der Waals surface area contributed by atoms with Crippen LogP contribution in [0.1, 0.15) is 34.0 Å². The van der Waals surface area contributed by atoms with Crippen molar-refractivity contribution in [2.24, 2.45) is 0 Å². The fourth-order valence-corrected chi connectivity index (χ4v) is 3.44. The van der Waals surface area contributed by atoms with Gasteiger partial charge in [-0.1, -0.05) is 32.2 Å². The van der Waals surface area contributed by atoms with Crippen molar-refractivity contribution >= 4 is 11.8 Å². The maximum atomic E-state index is 13.8. The van der Waals surface area contributed by atoms with Crippen molar-refractivity contribution in [2.45, 2.75) is 19.8 Å². The molecule has 0 aromatic heterocycles. The summed E-state index contributed by atoms with van der Waals surface area (Å²) in [4.78, 5) is 26.1. The fraction of sp³-hybridized carbons (Fsp3) is 0.308. The largest absolute Gasteiger partial charge is 0.493 e. The Balaban J connectivity index is 2.80. The first-order valence-electron chi connectivity index (χ1n) is 10.4. The fourth-order valence-electron chi connectivity index (χ4n) is 3.44. The Kier molecular flexibility index (Phi) is 9.54. The molecule has 2 aromatic rings. The van der Waals surface area contributed by atoms with Crippen LogP contribution in [-0.2, 0) is 22.4 Å². The first kappa shape index (κ1) is 25.5. The van der Waals surface area contributed by atoms with E-state index in [0.29, 0.717) is 34.8 Å². The zero-order valence-corrected chi connectivity index (χ0v) is 19.6. The molecule has 2 rings (SSSR count). The van der Waals surface area contributed by atoms with E-state index in [0.717, 1.165) is 5.56 Å². The molecule has 0 bridgehead atoms. The number of carbonyl (C=O) groups is 2. The number of ketones is 1. The highest BCUT2D eigenvalue weighted by atomic mass is 16.5. The van der Waals surface area contributed by atoms with Crippen LogP contribution in [0.25, 0.3) is 0 Å². The molecule has 0 aliphatic rings. The number of hydrogen-bond donors (Lipinski definition) is 0. The van der Waals surface area contributed by atoms with Crippen LogP contribution in [-0.4, -0.2) is 46.3 Å². The number of hydrogen-bond acceptors (Lipinski definition) is 7. The Morgan fingerprint density at radius 1 is 0.848 bits per heavy atom. The van der Waals surface area contributed by atoms with Crippen LogP contribution >= 0.6 is 0 Å². The normalized spacial score (nSPS) is 10.2. The van der Waals surface area contributed by atoms with Gasteiger partial charge in [0.25, 0.3) is 0 Å². The van der Waals surface area contributed by atoms with Crippen LogP contribution in [0.2, 0.25) is 0 Å². The van der Waals surface area contributed by atoms with E-state index in [-0.39, 0.29) is 36.7 Å². The molecule has 7 heteroatoms. The van der Waals surface area contributed by atoms with Crippen molar-refractivity contribution in [1.29, 1.82) is 0 Å². The highest BCUT2D eigenvalue weighted by Gasteiger charge is 2.27. The van der Waals surface area contributed by atoms with Crippen molar-refractivity contribution in [1.82, 2.24) is 0 Å². The van der Waals surface area contributed by atoms with Gasteiger partial charge in [0.2, 0.25) is 0 Å². The topological polar surface area (TPSA) is 80.3 Å². The summed E-state index contributed by atoms with van der Waals surface area (Å²) in [7, 11) is 4.32. The zero-order valence-electron chi connectivity index (χ0n) is 19.6. The molecule has 0 atom stereocenters. The van der Waals surface area contributed by atoms with Crippen LogP contribution in [0.15, 0.2) is 49.6 Å². The predicted molar refractivity (Wildman–Crippen MR) is 126 cm³/mol. The molecule has 176 valence electrons. The lowest BCUT2D eigenvalue weighted by molar-refractivity contribution is -0.139. The summed E-state index contributed by atoms with van der Waals surface area (Å²) in [6.45, 7) is 9.71. The summed E-state index contributed by atoms with van der Waals surface area (Å²) in [5.74, 6) is 0.882. The third kappa shape index (κ3) is 5.94. The molecule has 0 fully saturated rings. The third-order valence-corrected chi connectivity index (χ3v) is 4.96. The summed E-state index contributed by atoms with van der Waals surface area (Å²) < 4.78 is 27.2. The van der Waals surface area contributed by atoms with Crippen LogP contribution in [0.5, 0.6) is 23.0 Å². The lowest BCUT2D eigenvalue weighted by Gasteiger charge is -2.21. The summed E-state index contributed by atoms with van der Waals surface area (Å²) in [5.41, 5.74) is 1.82. The lowest BCUT2D eigenvalue weighted by Crippen LogP contribution is -2.17. The second-order valence-electron chi connectivity index (χ2n) is 6.91. The molecule has 0 radical (unpaired) electrons. The van der Waals surface area contributed by atoms with Gasteiger partial charge in [-0.2, -0.15) is 0 Å². The minimum Gasteiger partial charge on any atom is -0.493 e. The molecule has 2 aromatic carbocycles.